The van der Waals surface area contributed by atoms with E-state index in [1.807, 2.05) is 12.1 Å². The first-order valence-corrected chi connectivity index (χ1v) is 9.71. The van der Waals surface area contributed by atoms with Crippen LogP contribution in [-0.2, 0) is 0 Å². The van der Waals surface area contributed by atoms with Crippen LogP contribution in [0.25, 0.3) is 0 Å². The Hall–Kier alpha value is -1.84. The number of amides is 1. The predicted molar refractivity (Wildman–Crippen MR) is 108 cm³/mol. The standard InChI is InChI=1S/C22H27ClN2O/c1-25(2)21(16-8-4-3-5-9-16)17-12-14-18(15-13-17)24-22(26)19-10-6-7-11-20(19)23/h3-11,17-18,21H,12-15H2,1-2H3,(H,24,26). The summed E-state index contributed by atoms with van der Waals surface area (Å²) in [5, 5.41) is 3.68. The Labute approximate surface area is 161 Å². The molecule has 1 aliphatic carbocycles. The molecular weight excluding hydrogens is 344 g/mol. The number of hydrogen-bond acceptors (Lipinski definition) is 2. The van der Waals surface area contributed by atoms with E-state index in [0.29, 0.717) is 22.5 Å². The molecule has 2 aromatic rings. The van der Waals surface area contributed by atoms with Crippen LogP contribution in [0.2, 0.25) is 5.02 Å². The Balaban J connectivity index is 1.60. The molecule has 138 valence electrons. The van der Waals surface area contributed by atoms with Crippen molar-refractivity contribution in [1.29, 1.82) is 0 Å². The molecule has 0 saturated heterocycles. The molecule has 1 amide bonds. The summed E-state index contributed by atoms with van der Waals surface area (Å²) in [6.07, 6.45) is 4.26. The van der Waals surface area contributed by atoms with Gasteiger partial charge in [-0.05, 0) is 63.4 Å². The molecule has 0 heterocycles. The normalized spacial score (nSPS) is 21.4. The van der Waals surface area contributed by atoms with Crippen LogP contribution in [0.4, 0.5) is 0 Å². The maximum absolute atomic E-state index is 12.5. The molecule has 1 aliphatic rings. The zero-order valence-electron chi connectivity index (χ0n) is 15.5. The minimum atomic E-state index is -0.0636. The summed E-state index contributed by atoms with van der Waals surface area (Å²) in [4.78, 5) is 14.8. The zero-order chi connectivity index (χ0) is 18.5. The molecule has 1 N–H and O–H groups in total. The molecule has 2 aromatic carbocycles. The average Bonchev–Trinajstić information content (AvgIpc) is 2.64. The van der Waals surface area contributed by atoms with Gasteiger partial charge in [-0.1, -0.05) is 54.1 Å². The summed E-state index contributed by atoms with van der Waals surface area (Å²) in [6, 6.07) is 18.6. The predicted octanol–water partition coefficient (Wildman–Crippen LogP) is 4.93. The quantitative estimate of drug-likeness (QED) is 0.809. The molecule has 1 saturated carbocycles. The van der Waals surface area contributed by atoms with Crippen LogP contribution >= 0.6 is 11.6 Å². The number of carbonyl (C=O) groups is 1. The lowest BCUT2D eigenvalue weighted by Crippen LogP contribution is -2.40. The third-order valence-corrected chi connectivity index (χ3v) is 5.70. The van der Waals surface area contributed by atoms with E-state index in [0.717, 1.165) is 25.7 Å². The van der Waals surface area contributed by atoms with E-state index in [9.17, 15) is 4.79 Å². The van der Waals surface area contributed by atoms with Crippen LogP contribution in [0.1, 0.15) is 47.6 Å². The van der Waals surface area contributed by atoms with Crippen molar-refractivity contribution < 1.29 is 4.79 Å². The smallest absolute Gasteiger partial charge is 0.253 e. The highest BCUT2D eigenvalue weighted by Crippen LogP contribution is 2.37. The Morgan fingerprint density at radius 3 is 2.23 bits per heavy atom. The first-order chi connectivity index (χ1) is 12.6. The molecule has 0 bridgehead atoms. The van der Waals surface area contributed by atoms with Crippen molar-refractivity contribution in [3.63, 3.8) is 0 Å². The van der Waals surface area contributed by atoms with Crippen molar-refractivity contribution in [1.82, 2.24) is 10.2 Å². The van der Waals surface area contributed by atoms with Gasteiger partial charge in [0.05, 0.1) is 10.6 Å². The number of nitrogens with zero attached hydrogens (tertiary/aromatic N) is 1. The molecule has 0 spiro atoms. The van der Waals surface area contributed by atoms with E-state index in [2.05, 4.69) is 54.6 Å². The van der Waals surface area contributed by atoms with E-state index >= 15 is 0 Å². The van der Waals surface area contributed by atoms with Crippen LogP contribution in [-0.4, -0.2) is 30.9 Å². The molecule has 0 aliphatic heterocycles. The van der Waals surface area contributed by atoms with Gasteiger partial charge in [-0.25, -0.2) is 0 Å². The summed E-state index contributed by atoms with van der Waals surface area (Å²) < 4.78 is 0. The van der Waals surface area contributed by atoms with Gasteiger partial charge in [0, 0.05) is 12.1 Å². The van der Waals surface area contributed by atoms with Gasteiger partial charge in [0.2, 0.25) is 0 Å². The van der Waals surface area contributed by atoms with E-state index in [1.54, 1.807) is 12.1 Å². The fourth-order valence-corrected chi connectivity index (χ4v) is 4.35. The molecule has 26 heavy (non-hydrogen) atoms. The molecule has 1 fully saturated rings. The summed E-state index contributed by atoms with van der Waals surface area (Å²) in [5.41, 5.74) is 1.94. The zero-order valence-corrected chi connectivity index (χ0v) is 16.2. The highest BCUT2D eigenvalue weighted by molar-refractivity contribution is 6.33. The lowest BCUT2D eigenvalue weighted by Gasteiger charge is -2.37. The lowest BCUT2D eigenvalue weighted by molar-refractivity contribution is 0.0907. The SMILES string of the molecule is CN(C)C(c1ccccc1)C1CCC(NC(=O)c2ccccc2Cl)CC1. The topological polar surface area (TPSA) is 32.3 Å². The van der Waals surface area contributed by atoms with Crippen molar-refractivity contribution in [3.8, 4) is 0 Å². The molecular formula is C22H27ClN2O. The van der Waals surface area contributed by atoms with Crippen LogP contribution in [0.3, 0.4) is 0 Å². The van der Waals surface area contributed by atoms with Gasteiger partial charge < -0.3 is 10.2 Å². The highest BCUT2D eigenvalue weighted by atomic mass is 35.5. The first-order valence-electron chi connectivity index (χ1n) is 9.33. The van der Waals surface area contributed by atoms with Crippen LogP contribution in [0.15, 0.2) is 54.6 Å². The third-order valence-electron chi connectivity index (χ3n) is 5.37. The Morgan fingerprint density at radius 1 is 1.00 bits per heavy atom. The maximum Gasteiger partial charge on any atom is 0.253 e. The first kappa shape index (κ1) is 18.9. The van der Waals surface area contributed by atoms with Gasteiger partial charge in [0.15, 0.2) is 0 Å². The lowest BCUT2D eigenvalue weighted by atomic mass is 9.78. The van der Waals surface area contributed by atoms with Gasteiger partial charge in [0.1, 0.15) is 0 Å². The molecule has 4 heteroatoms. The van der Waals surface area contributed by atoms with Crippen molar-refractivity contribution >= 4 is 17.5 Å². The Bertz CT molecular complexity index is 724. The van der Waals surface area contributed by atoms with Crippen LogP contribution in [0.5, 0.6) is 0 Å². The fraction of sp³-hybridized carbons (Fsp3) is 0.409. The highest BCUT2D eigenvalue weighted by Gasteiger charge is 2.30. The summed E-state index contributed by atoms with van der Waals surface area (Å²) in [6.45, 7) is 0. The van der Waals surface area contributed by atoms with E-state index in [4.69, 9.17) is 11.6 Å². The van der Waals surface area contributed by atoms with Gasteiger partial charge >= 0.3 is 0 Å². The second kappa shape index (κ2) is 8.70. The molecule has 0 aromatic heterocycles. The van der Waals surface area contributed by atoms with Crippen molar-refractivity contribution in [2.75, 3.05) is 14.1 Å². The average molecular weight is 371 g/mol. The van der Waals surface area contributed by atoms with Gasteiger partial charge in [0.25, 0.3) is 5.91 Å². The van der Waals surface area contributed by atoms with Crippen molar-refractivity contribution in [2.24, 2.45) is 5.92 Å². The number of benzene rings is 2. The number of rotatable bonds is 5. The second-order valence-corrected chi connectivity index (χ2v) is 7.79. The fourth-order valence-electron chi connectivity index (χ4n) is 4.13. The van der Waals surface area contributed by atoms with Crippen LogP contribution < -0.4 is 5.32 Å². The van der Waals surface area contributed by atoms with Gasteiger partial charge in [-0.3, -0.25) is 4.79 Å². The Morgan fingerprint density at radius 2 is 1.62 bits per heavy atom. The summed E-state index contributed by atoms with van der Waals surface area (Å²) >= 11 is 6.14. The van der Waals surface area contributed by atoms with E-state index < -0.39 is 0 Å². The second-order valence-electron chi connectivity index (χ2n) is 7.38. The van der Waals surface area contributed by atoms with E-state index in [-0.39, 0.29) is 11.9 Å². The van der Waals surface area contributed by atoms with Gasteiger partial charge in [-0.2, -0.15) is 0 Å². The minimum Gasteiger partial charge on any atom is -0.349 e. The van der Waals surface area contributed by atoms with E-state index in [1.165, 1.54) is 5.56 Å². The Kier molecular flexibility index (Phi) is 6.33. The molecule has 1 unspecified atom stereocenters. The maximum atomic E-state index is 12.5. The molecule has 3 rings (SSSR count). The van der Waals surface area contributed by atoms with Crippen LogP contribution in [0, 0.1) is 5.92 Å². The molecule has 3 nitrogen and oxygen atoms in total. The summed E-state index contributed by atoms with van der Waals surface area (Å²) in [5.74, 6) is 0.548. The number of nitrogens with one attached hydrogen (secondary N) is 1. The largest absolute Gasteiger partial charge is 0.349 e. The monoisotopic (exact) mass is 370 g/mol. The third kappa shape index (κ3) is 4.46. The summed E-state index contributed by atoms with van der Waals surface area (Å²) in [7, 11) is 4.31. The minimum absolute atomic E-state index is 0.0636. The number of halogens is 1. The number of carbonyl (C=O) groups excluding carboxylic acids is 1. The van der Waals surface area contributed by atoms with Crippen molar-refractivity contribution in [2.45, 2.75) is 37.8 Å². The molecule has 1 atom stereocenters. The number of hydrogen-bond donors (Lipinski definition) is 1. The molecule has 0 radical (unpaired) electrons. The van der Waals surface area contributed by atoms with Crippen molar-refractivity contribution in [3.05, 3.63) is 70.7 Å². The van der Waals surface area contributed by atoms with Gasteiger partial charge in [-0.15, -0.1) is 0 Å².